The summed E-state index contributed by atoms with van der Waals surface area (Å²) in [4.78, 5) is 0.224. The van der Waals surface area contributed by atoms with Crippen molar-refractivity contribution in [3.8, 4) is 0 Å². The van der Waals surface area contributed by atoms with Crippen LogP contribution in [0.5, 0.6) is 0 Å². The molecule has 4 nitrogen and oxygen atoms in total. The van der Waals surface area contributed by atoms with Crippen LogP contribution in [0, 0.1) is 0 Å². The number of hydrogen-bond donors (Lipinski definition) is 1. The van der Waals surface area contributed by atoms with E-state index in [1.807, 2.05) is 6.92 Å². The van der Waals surface area contributed by atoms with Crippen molar-refractivity contribution in [2.24, 2.45) is 0 Å². The van der Waals surface area contributed by atoms with E-state index in [-0.39, 0.29) is 11.5 Å². The maximum atomic E-state index is 12.6. The zero-order chi connectivity index (χ0) is 15.3. The van der Waals surface area contributed by atoms with E-state index in [4.69, 9.17) is 0 Å². The smallest absolute Gasteiger partial charge is 0.243 e. The summed E-state index contributed by atoms with van der Waals surface area (Å²) < 4.78 is 26.5. The molecule has 0 amide bonds. The first-order valence-electron chi connectivity index (χ1n) is 6.74. The van der Waals surface area contributed by atoms with E-state index in [1.165, 1.54) is 4.31 Å². The Morgan fingerprint density at radius 1 is 1.30 bits per heavy atom. The lowest BCUT2D eigenvalue weighted by molar-refractivity contribution is 0.280. The summed E-state index contributed by atoms with van der Waals surface area (Å²) in [5, 5.41) is 9.36. The number of hydrogen-bond acceptors (Lipinski definition) is 3. The molecule has 0 aliphatic carbocycles. The zero-order valence-corrected chi connectivity index (χ0v) is 13.2. The summed E-state index contributed by atoms with van der Waals surface area (Å²) in [6, 6.07) is 4.94. The lowest BCUT2D eigenvalue weighted by Crippen LogP contribution is -2.32. The molecule has 0 saturated heterocycles. The van der Waals surface area contributed by atoms with Crippen LogP contribution in [0.3, 0.4) is 0 Å². The Morgan fingerprint density at radius 3 is 2.40 bits per heavy atom. The number of rotatable bonds is 7. The van der Waals surface area contributed by atoms with Gasteiger partial charge in [0.1, 0.15) is 0 Å². The molecule has 1 aromatic rings. The SMILES string of the molecule is C=C(C)CN(CC)S(=O)(=O)c1ccc(CC)c(CO)c1. The van der Waals surface area contributed by atoms with Crippen molar-refractivity contribution in [3.05, 3.63) is 41.5 Å². The maximum absolute atomic E-state index is 12.6. The van der Waals surface area contributed by atoms with Crippen molar-refractivity contribution < 1.29 is 13.5 Å². The van der Waals surface area contributed by atoms with Gasteiger partial charge in [0.05, 0.1) is 11.5 Å². The van der Waals surface area contributed by atoms with Crippen LogP contribution in [0.15, 0.2) is 35.2 Å². The monoisotopic (exact) mass is 297 g/mol. The fraction of sp³-hybridized carbons (Fsp3) is 0.467. The van der Waals surface area contributed by atoms with Gasteiger partial charge in [-0.15, -0.1) is 0 Å². The van der Waals surface area contributed by atoms with Crippen LogP contribution in [0.2, 0.25) is 0 Å². The van der Waals surface area contributed by atoms with Gasteiger partial charge in [-0.05, 0) is 36.6 Å². The number of aliphatic hydroxyl groups excluding tert-OH is 1. The van der Waals surface area contributed by atoms with Crippen molar-refractivity contribution in [3.63, 3.8) is 0 Å². The fourth-order valence-electron chi connectivity index (χ4n) is 2.07. The molecule has 1 N–H and O–H groups in total. The highest BCUT2D eigenvalue weighted by molar-refractivity contribution is 7.89. The first-order chi connectivity index (χ1) is 9.36. The minimum atomic E-state index is -3.54. The van der Waals surface area contributed by atoms with Gasteiger partial charge < -0.3 is 5.11 Å². The molecule has 0 aromatic heterocycles. The minimum Gasteiger partial charge on any atom is -0.392 e. The Morgan fingerprint density at radius 2 is 1.95 bits per heavy atom. The zero-order valence-electron chi connectivity index (χ0n) is 12.4. The van der Waals surface area contributed by atoms with Gasteiger partial charge in [-0.25, -0.2) is 8.42 Å². The van der Waals surface area contributed by atoms with Gasteiger partial charge in [0, 0.05) is 13.1 Å². The summed E-state index contributed by atoms with van der Waals surface area (Å²) in [6.07, 6.45) is 0.763. The normalized spacial score (nSPS) is 11.8. The van der Waals surface area contributed by atoms with Gasteiger partial charge >= 0.3 is 0 Å². The molecule has 0 fully saturated rings. The van der Waals surface area contributed by atoms with Gasteiger partial charge in [0.15, 0.2) is 0 Å². The number of sulfonamides is 1. The summed E-state index contributed by atoms with van der Waals surface area (Å²) in [7, 11) is -3.54. The molecular weight excluding hydrogens is 274 g/mol. The van der Waals surface area contributed by atoms with Gasteiger partial charge in [-0.3, -0.25) is 0 Å². The third-order valence-electron chi connectivity index (χ3n) is 3.17. The Labute approximate surface area is 121 Å². The van der Waals surface area contributed by atoms with Crippen LogP contribution in [-0.2, 0) is 23.1 Å². The van der Waals surface area contributed by atoms with E-state index < -0.39 is 10.0 Å². The third-order valence-corrected chi connectivity index (χ3v) is 5.08. The first-order valence-corrected chi connectivity index (χ1v) is 8.18. The Bertz CT molecular complexity index is 579. The van der Waals surface area contributed by atoms with Crippen molar-refractivity contribution in [2.45, 2.75) is 38.7 Å². The number of likely N-dealkylation sites (N-methyl/N-ethyl adjacent to an activating group) is 1. The molecule has 0 saturated carbocycles. The second-order valence-electron chi connectivity index (χ2n) is 4.83. The van der Waals surface area contributed by atoms with Crippen LogP contribution in [0.4, 0.5) is 0 Å². The van der Waals surface area contributed by atoms with Crippen LogP contribution in [0.25, 0.3) is 0 Å². The molecule has 0 aliphatic heterocycles. The lowest BCUT2D eigenvalue weighted by Gasteiger charge is -2.21. The average Bonchev–Trinajstić information content (AvgIpc) is 2.43. The molecule has 0 bridgehead atoms. The minimum absolute atomic E-state index is 0.154. The number of benzene rings is 1. The molecule has 0 aliphatic rings. The second-order valence-corrected chi connectivity index (χ2v) is 6.77. The summed E-state index contributed by atoms with van der Waals surface area (Å²) in [5.74, 6) is 0. The number of aryl methyl sites for hydroxylation is 1. The van der Waals surface area contributed by atoms with E-state index in [0.717, 1.165) is 17.6 Å². The standard InChI is InChI=1S/C15H23NO3S/c1-5-13-7-8-15(9-14(13)11-17)20(18,19)16(6-2)10-12(3)4/h7-9,17H,3,5-6,10-11H2,1-2,4H3. The van der Waals surface area contributed by atoms with Gasteiger partial charge in [-0.1, -0.05) is 32.1 Å². The van der Waals surface area contributed by atoms with Crippen LogP contribution < -0.4 is 0 Å². The number of aliphatic hydroxyl groups is 1. The Hall–Kier alpha value is -1.17. The van der Waals surface area contributed by atoms with Crippen LogP contribution in [-0.4, -0.2) is 30.9 Å². The molecular formula is C15H23NO3S. The Balaban J connectivity index is 3.23. The highest BCUT2D eigenvalue weighted by atomic mass is 32.2. The topological polar surface area (TPSA) is 57.6 Å². The van der Waals surface area contributed by atoms with Crippen molar-refractivity contribution in [2.75, 3.05) is 13.1 Å². The van der Waals surface area contributed by atoms with Gasteiger partial charge in [-0.2, -0.15) is 4.31 Å². The van der Waals surface area contributed by atoms with E-state index in [2.05, 4.69) is 6.58 Å². The summed E-state index contributed by atoms with van der Waals surface area (Å²) in [5.41, 5.74) is 2.43. The van der Waals surface area contributed by atoms with Gasteiger partial charge in [0.25, 0.3) is 0 Å². The third kappa shape index (κ3) is 3.69. The highest BCUT2D eigenvalue weighted by Gasteiger charge is 2.23. The number of nitrogens with zero attached hydrogens (tertiary/aromatic N) is 1. The largest absolute Gasteiger partial charge is 0.392 e. The van der Waals surface area contributed by atoms with Crippen molar-refractivity contribution in [1.29, 1.82) is 0 Å². The van der Waals surface area contributed by atoms with Gasteiger partial charge in [0.2, 0.25) is 10.0 Å². The van der Waals surface area contributed by atoms with E-state index in [9.17, 15) is 13.5 Å². The molecule has 0 spiro atoms. The lowest BCUT2D eigenvalue weighted by atomic mass is 10.1. The predicted molar refractivity (Wildman–Crippen MR) is 81.0 cm³/mol. The summed E-state index contributed by atoms with van der Waals surface area (Å²) >= 11 is 0. The molecule has 0 unspecified atom stereocenters. The Kier molecular flexibility index (Phi) is 5.92. The fourth-order valence-corrected chi connectivity index (χ4v) is 3.63. The van der Waals surface area contributed by atoms with E-state index in [0.29, 0.717) is 18.7 Å². The van der Waals surface area contributed by atoms with E-state index in [1.54, 1.807) is 32.0 Å². The van der Waals surface area contributed by atoms with Crippen molar-refractivity contribution >= 4 is 10.0 Å². The molecule has 0 atom stereocenters. The molecule has 1 aromatic carbocycles. The molecule has 20 heavy (non-hydrogen) atoms. The first kappa shape index (κ1) is 16.9. The molecule has 0 heterocycles. The van der Waals surface area contributed by atoms with Crippen molar-refractivity contribution in [1.82, 2.24) is 4.31 Å². The van der Waals surface area contributed by atoms with Crippen LogP contribution in [0.1, 0.15) is 31.9 Å². The molecule has 112 valence electrons. The van der Waals surface area contributed by atoms with Crippen LogP contribution >= 0.6 is 0 Å². The molecule has 5 heteroatoms. The predicted octanol–water partition coefficient (Wildman–Crippen LogP) is 2.33. The van der Waals surface area contributed by atoms with E-state index >= 15 is 0 Å². The highest BCUT2D eigenvalue weighted by Crippen LogP contribution is 2.21. The quantitative estimate of drug-likeness (QED) is 0.786. The summed E-state index contributed by atoms with van der Waals surface area (Å²) in [6.45, 7) is 9.88. The average molecular weight is 297 g/mol. The second kappa shape index (κ2) is 7.02. The maximum Gasteiger partial charge on any atom is 0.243 e. The molecule has 0 radical (unpaired) electrons. The molecule has 1 rings (SSSR count).